The summed E-state index contributed by atoms with van der Waals surface area (Å²) in [5.74, 6) is 0. The number of hydrogen-bond acceptors (Lipinski definition) is 4. The Morgan fingerprint density at radius 2 is 2.29 bits per heavy atom. The van der Waals surface area contributed by atoms with Crippen molar-refractivity contribution in [2.24, 2.45) is 0 Å². The van der Waals surface area contributed by atoms with Crippen LogP contribution in [0.3, 0.4) is 0 Å². The van der Waals surface area contributed by atoms with Crippen LogP contribution < -0.4 is 11.2 Å². The van der Waals surface area contributed by atoms with Gasteiger partial charge in [-0.2, -0.15) is 0 Å². The fourth-order valence-electron chi connectivity index (χ4n) is 1.07. The first-order valence-electron chi connectivity index (χ1n) is 3.95. The summed E-state index contributed by atoms with van der Waals surface area (Å²) in [6.45, 7) is 0. The molecular weight excluding hydrogens is 202 g/mol. The zero-order valence-corrected chi connectivity index (χ0v) is 7.93. The zero-order chi connectivity index (χ0) is 9.97. The molecule has 6 heteroatoms. The van der Waals surface area contributed by atoms with Gasteiger partial charge in [0, 0.05) is 29.8 Å². The molecule has 2 heterocycles. The second-order valence-electron chi connectivity index (χ2n) is 2.70. The molecule has 2 aromatic rings. The van der Waals surface area contributed by atoms with E-state index in [9.17, 15) is 9.59 Å². The van der Waals surface area contributed by atoms with E-state index in [1.165, 1.54) is 17.5 Å². The van der Waals surface area contributed by atoms with Crippen LogP contribution in [0.4, 0.5) is 0 Å². The molecule has 0 aliphatic carbocycles. The van der Waals surface area contributed by atoms with Gasteiger partial charge in [0.05, 0.1) is 5.01 Å². The lowest BCUT2D eigenvalue weighted by molar-refractivity contribution is 0.969. The molecule has 0 fully saturated rings. The Morgan fingerprint density at radius 3 is 2.93 bits per heavy atom. The summed E-state index contributed by atoms with van der Waals surface area (Å²) in [6.07, 6.45) is 3.55. The van der Waals surface area contributed by atoms with Gasteiger partial charge in [0.1, 0.15) is 0 Å². The van der Waals surface area contributed by atoms with Gasteiger partial charge in [-0.3, -0.25) is 9.78 Å². The molecule has 0 unspecified atom stereocenters. The first-order chi connectivity index (χ1) is 6.75. The molecule has 5 nitrogen and oxygen atoms in total. The van der Waals surface area contributed by atoms with Crippen molar-refractivity contribution in [2.75, 3.05) is 0 Å². The fourth-order valence-corrected chi connectivity index (χ4v) is 1.71. The van der Waals surface area contributed by atoms with E-state index in [-0.39, 0.29) is 5.56 Å². The molecule has 0 radical (unpaired) electrons. The van der Waals surface area contributed by atoms with E-state index in [4.69, 9.17) is 0 Å². The molecule has 0 spiro atoms. The molecule has 72 valence electrons. The Morgan fingerprint density at radius 1 is 1.43 bits per heavy atom. The van der Waals surface area contributed by atoms with Crippen molar-refractivity contribution in [3.8, 4) is 0 Å². The van der Waals surface area contributed by atoms with Crippen LogP contribution >= 0.6 is 11.3 Å². The topological polar surface area (TPSA) is 78.6 Å². The summed E-state index contributed by atoms with van der Waals surface area (Å²) in [5, 5.41) is 2.69. The summed E-state index contributed by atoms with van der Waals surface area (Å²) in [4.78, 5) is 30.6. The highest BCUT2D eigenvalue weighted by molar-refractivity contribution is 7.09. The van der Waals surface area contributed by atoms with E-state index in [2.05, 4.69) is 15.0 Å². The monoisotopic (exact) mass is 209 g/mol. The third-order valence-electron chi connectivity index (χ3n) is 1.72. The van der Waals surface area contributed by atoms with Crippen molar-refractivity contribution < 1.29 is 0 Å². The number of rotatable bonds is 2. The van der Waals surface area contributed by atoms with E-state index >= 15 is 0 Å². The molecule has 2 rings (SSSR count). The highest BCUT2D eigenvalue weighted by Crippen LogP contribution is 2.07. The number of aromatic nitrogens is 3. The number of hydrogen-bond donors (Lipinski definition) is 2. The van der Waals surface area contributed by atoms with E-state index in [1.807, 2.05) is 5.38 Å². The maximum absolute atomic E-state index is 11.3. The normalized spacial score (nSPS) is 10.3. The minimum absolute atomic E-state index is 0.357. The van der Waals surface area contributed by atoms with Crippen LogP contribution in [-0.2, 0) is 6.42 Å². The molecule has 2 aromatic heterocycles. The number of nitrogens with zero attached hydrogens (tertiary/aromatic N) is 1. The smallest absolute Gasteiger partial charge is 0.314 e. The molecule has 0 aliphatic rings. The Balaban J connectivity index is 2.35. The number of nitrogens with one attached hydrogen (secondary N) is 2. The van der Waals surface area contributed by atoms with Gasteiger partial charge in [-0.25, -0.2) is 9.78 Å². The highest BCUT2D eigenvalue weighted by Gasteiger charge is 2.03. The summed E-state index contributed by atoms with van der Waals surface area (Å²) in [7, 11) is 0. The maximum atomic E-state index is 11.3. The molecule has 0 aromatic carbocycles. The summed E-state index contributed by atoms with van der Waals surface area (Å²) in [6, 6.07) is 0. The molecule has 2 N–H and O–H groups in total. The second-order valence-corrected chi connectivity index (χ2v) is 3.68. The van der Waals surface area contributed by atoms with Gasteiger partial charge < -0.3 is 4.98 Å². The van der Waals surface area contributed by atoms with E-state index < -0.39 is 5.69 Å². The molecule has 0 atom stereocenters. The predicted octanol–water partition coefficient (Wildman–Crippen LogP) is 0.110. The molecule has 0 saturated carbocycles. The summed E-state index contributed by atoms with van der Waals surface area (Å²) >= 11 is 1.47. The van der Waals surface area contributed by atoms with E-state index in [1.54, 1.807) is 6.20 Å². The van der Waals surface area contributed by atoms with Crippen LogP contribution in [0.1, 0.15) is 10.6 Å². The Hall–Kier alpha value is -1.69. The number of thiazole rings is 1. The molecule has 0 saturated heterocycles. The molecule has 14 heavy (non-hydrogen) atoms. The highest BCUT2D eigenvalue weighted by atomic mass is 32.1. The summed E-state index contributed by atoms with van der Waals surface area (Å²) in [5.41, 5.74) is -0.332. The second kappa shape index (κ2) is 3.59. The Bertz CT molecular complexity index is 526. The van der Waals surface area contributed by atoms with Gasteiger partial charge in [0.15, 0.2) is 0 Å². The number of aromatic amines is 2. The molecular formula is C8H7N3O2S. The van der Waals surface area contributed by atoms with Crippen LogP contribution in [0, 0.1) is 0 Å². The van der Waals surface area contributed by atoms with Gasteiger partial charge >= 0.3 is 5.69 Å². The average Bonchev–Trinajstić information content (AvgIpc) is 2.62. The van der Waals surface area contributed by atoms with E-state index in [0.717, 1.165) is 5.01 Å². The van der Waals surface area contributed by atoms with Crippen LogP contribution in [0.15, 0.2) is 27.4 Å². The van der Waals surface area contributed by atoms with Crippen molar-refractivity contribution in [1.29, 1.82) is 0 Å². The molecule has 0 bridgehead atoms. The van der Waals surface area contributed by atoms with Crippen LogP contribution in [0.25, 0.3) is 0 Å². The first kappa shape index (κ1) is 8.89. The van der Waals surface area contributed by atoms with Crippen LogP contribution in [0.2, 0.25) is 0 Å². The van der Waals surface area contributed by atoms with E-state index in [0.29, 0.717) is 12.0 Å². The van der Waals surface area contributed by atoms with Gasteiger partial charge in [0.25, 0.3) is 5.56 Å². The maximum Gasteiger partial charge on any atom is 0.325 e. The van der Waals surface area contributed by atoms with Crippen molar-refractivity contribution in [1.82, 2.24) is 15.0 Å². The SMILES string of the molecule is O=c1[nH]cc(Cc2nccs2)c(=O)[nH]1. The standard InChI is InChI=1S/C8H7N3O2S/c12-7-5(4-10-8(13)11-7)3-6-9-1-2-14-6/h1-2,4H,3H2,(H2,10,11,12,13). The third-order valence-corrected chi connectivity index (χ3v) is 2.50. The first-order valence-corrected chi connectivity index (χ1v) is 4.83. The average molecular weight is 209 g/mol. The Kier molecular flexibility index (Phi) is 2.28. The fraction of sp³-hybridized carbons (Fsp3) is 0.125. The third kappa shape index (κ3) is 1.80. The largest absolute Gasteiger partial charge is 0.325 e. The van der Waals surface area contributed by atoms with Crippen molar-refractivity contribution >= 4 is 11.3 Å². The lowest BCUT2D eigenvalue weighted by atomic mass is 10.2. The molecule has 0 aliphatic heterocycles. The number of H-pyrrole nitrogens is 2. The predicted molar refractivity (Wildman–Crippen MR) is 52.6 cm³/mol. The minimum Gasteiger partial charge on any atom is -0.314 e. The lowest BCUT2D eigenvalue weighted by Crippen LogP contribution is -2.24. The lowest BCUT2D eigenvalue weighted by Gasteiger charge is -1.94. The van der Waals surface area contributed by atoms with Crippen molar-refractivity contribution in [2.45, 2.75) is 6.42 Å². The molecule has 0 amide bonds. The van der Waals surface area contributed by atoms with Gasteiger partial charge in [-0.15, -0.1) is 11.3 Å². The van der Waals surface area contributed by atoms with Crippen LogP contribution in [0.5, 0.6) is 0 Å². The summed E-state index contributed by atoms with van der Waals surface area (Å²) < 4.78 is 0. The van der Waals surface area contributed by atoms with Crippen molar-refractivity contribution in [3.63, 3.8) is 0 Å². The van der Waals surface area contributed by atoms with Gasteiger partial charge in [-0.1, -0.05) is 0 Å². The minimum atomic E-state index is -0.488. The Labute approximate surface area is 82.5 Å². The van der Waals surface area contributed by atoms with Gasteiger partial charge in [-0.05, 0) is 0 Å². The van der Waals surface area contributed by atoms with Crippen LogP contribution in [-0.4, -0.2) is 15.0 Å². The van der Waals surface area contributed by atoms with Gasteiger partial charge in [0.2, 0.25) is 0 Å². The zero-order valence-electron chi connectivity index (χ0n) is 7.11. The quantitative estimate of drug-likeness (QED) is 0.736. The van der Waals surface area contributed by atoms with Crippen molar-refractivity contribution in [3.05, 3.63) is 49.2 Å².